The zero-order valence-electron chi connectivity index (χ0n) is 10.4. The molecule has 5 heteroatoms. The topological polar surface area (TPSA) is 67.3 Å². The van der Waals surface area contributed by atoms with Crippen LogP contribution in [0.3, 0.4) is 0 Å². The molecule has 4 nitrogen and oxygen atoms in total. The van der Waals surface area contributed by atoms with Crippen molar-refractivity contribution in [1.82, 2.24) is 4.98 Å². The Morgan fingerprint density at radius 1 is 1.26 bits per heavy atom. The minimum Gasteiger partial charge on any atom is -0.388 e. The van der Waals surface area contributed by atoms with E-state index in [1.165, 1.54) is 0 Å². The van der Waals surface area contributed by atoms with Crippen LogP contribution in [0.1, 0.15) is 18.1 Å². The fraction of sp³-hybridized carbons (Fsp3) is 0.357. The van der Waals surface area contributed by atoms with Crippen LogP contribution in [0, 0.1) is 5.92 Å². The number of aromatic nitrogens is 1. The number of hydrogen-bond donors (Lipinski definition) is 1. The fourth-order valence-electron chi connectivity index (χ4n) is 2.71. The molecule has 1 aliphatic rings. The highest BCUT2D eigenvalue weighted by molar-refractivity contribution is 7.91. The number of nitrogens with zero attached hydrogens (tertiary/aromatic N) is 1. The minimum atomic E-state index is -2.98. The maximum Gasteiger partial charge on any atom is 0.150 e. The van der Waals surface area contributed by atoms with Crippen LogP contribution in [0.25, 0.3) is 10.9 Å². The molecule has 0 spiro atoms. The van der Waals surface area contributed by atoms with Gasteiger partial charge in [0.2, 0.25) is 0 Å². The van der Waals surface area contributed by atoms with Crippen molar-refractivity contribution in [3.8, 4) is 0 Å². The molecule has 2 aromatic rings. The van der Waals surface area contributed by atoms with Crippen molar-refractivity contribution in [2.45, 2.75) is 12.5 Å². The van der Waals surface area contributed by atoms with E-state index in [-0.39, 0.29) is 17.4 Å². The van der Waals surface area contributed by atoms with Gasteiger partial charge in [-0.15, -0.1) is 0 Å². The fourth-order valence-corrected chi connectivity index (χ4v) is 4.54. The Kier molecular flexibility index (Phi) is 3.03. The molecule has 0 radical (unpaired) electrons. The molecular formula is C14H15NO3S. The molecule has 1 aliphatic heterocycles. The third kappa shape index (κ3) is 2.35. The molecule has 2 heterocycles. The highest BCUT2D eigenvalue weighted by Crippen LogP contribution is 2.34. The van der Waals surface area contributed by atoms with Crippen molar-refractivity contribution in [3.05, 3.63) is 42.1 Å². The van der Waals surface area contributed by atoms with Gasteiger partial charge in [-0.25, -0.2) is 8.42 Å². The zero-order valence-corrected chi connectivity index (χ0v) is 11.2. The lowest BCUT2D eigenvalue weighted by Gasteiger charge is -2.18. The van der Waals surface area contributed by atoms with Crippen LogP contribution in [0.5, 0.6) is 0 Å². The molecule has 0 aliphatic carbocycles. The highest BCUT2D eigenvalue weighted by Gasteiger charge is 2.34. The van der Waals surface area contributed by atoms with Crippen LogP contribution in [-0.4, -0.2) is 30.0 Å². The molecule has 2 atom stereocenters. The molecule has 1 aromatic heterocycles. The van der Waals surface area contributed by atoms with Gasteiger partial charge in [0, 0.05) is 17.5 Å². The van der Waals surface area contributed by atoms with Gasteiger partial charge in [-0.3, -0.25) is 4.98 Å². The summed E-state index contributed by atoms with van der Waals surface area (Å²) in [4.78, 5) is 4.25. The first-order valence-electron chi connectivity index (χ1n) is 6.29. The molecule has 0 saturated carbocycles. The first-order valence-corrected chi connectivity index (χ1v) is 8.11. The number of fused-ring (bicyclic) bond motifs is 1. The van der Waals surface area contributed by atoms with Gasteiger partial charge in [0.05, 0.1) is 23.1 Å². The third-order valence-corrected chi connectivity index (χ3v) is 5.51. The van der Waals surface area contributed by atoms with Gasteiger partial charge in [-0.05, 0) is 24.1 Å². The Morgan fingerprint density at radius 3 is 2.84 bits per heavy atom. The Morgan fingerprint density at radius 2 is 2.11 bits per heavy atom. The van der Waals surface area contributed by atoms with E-state index in [9.17, 15) is 13.5 Å². The Hall–Kier alpha value is -1.46. The van der Waals surface area contributed by atoms with Crippen LogP contribution in [0.4, 0.5) is 0 Å². The predicted octanol–water partition coefficient (Wildman–Crippen LogP) is 1.70. The van der Waals surface area contributed by atoms with E-state index in [2.05, 4.69) is 4.98 Å². The normalized spacial score (nSPS) is 23.5. The molecule has 100 valence electrons. The molecule has 1 saturated heterocycles. The summed E-state index contributed by atoms with van der Waals surface area (Å²) in [5, 5.41) is 11.3. The molecule has 19 heavy (non-hydrogen) atoms. The molecule has 0 bridgehead atoms. The average molecular weight is 277 g/mol. The zero-order chi connectivity index (χ0) is 13.5. The summed E-state index contributed by atoms with van der Waals surface area (Å²) >= 11 is 0. The van der Waals surface area contributed by atoms with E-state index in [0.717, 1.165) is 16.5 Å². The lowest BCUT2D eigenvalue weighted by Crippen LogP contribution is -2.14. The van der Waals surface area contributed by atoms with Gasteiger partial charge in [0.25, 0.3) is 0 Å². The van der Waals surface area contributed by atoms with Gasteiger partial charge in [0.1, 0.15) is 0 Å². The van der Waals surface area contributed by atoms with E-state index in [4.69, 9.17) is 0 Å². The third-order valence-electron chi connectivity index (χ3n) is 3.71. The van der Waals surface area contributed by atoms with Crippen LogP contribution in [0.15, 0.2) is 36.5 Å². The summed E-state index contributed by atoms with van der Waals surface area (Å²) in [6, 6.07) is 9.31. The smallest absolute Gasteiger partial charge is 0.150 e. The number of pyridine rings is 1. The van der Waals surface area contributed by atoms with Gasteiger partial charge >= 0.3 is 0 Å². The maximum absolute atomic E-state index is 11.5. The van der Waals surface area contributed by atoms with Crippen molar-refractivity contribution in [2.75, 3.05) is 11.5 Å². The van der Waals surface area contributed by atoms with Gasteiger partial charge in [0.15, 0.2) is 9.84 Å². The van der Waals surface area contributed by atoms with E-state index >= 15 is 0 Å². The molecule has 1 fully saturated rings. The number of aliphatic hydroxyl groups excluding tert-OH is 1. The standard InChI is InChI=1S/C14H15NO3S/c16-14(10-6-8-19(17,18)9-10)12-3-1-5-13-11(12)4-2-7-15-13/h1-5,7,10,14,16H,6,8-9H2. The van der Waals surface area contributed by atoms with Crippen LogP contribution in [0.2, 0.25) is 0 Å². The Balaban J connectivity index is 2.00. The molecule has 1 N–H and O–H groups in total. The SMILES string of the molecule is O=S1(=O)CCC(C(O)c2cccc3ncccc23)C1. The summed E-state index contributed by atoms with van der Waals surface area (Å²) in [7, 11) is -2.98. The monoisotopic (exact) mass is 277 g/mol. The molecular weight excluding hydrogens is 262 g/mol. The van der Waals surface area contributed by atoms with Crippen molar-refractivity contribution >= 4 is 20.7 Å². The van der Waals surface area contributed by atoms with Gasteiger partial charge in [-0.2, -0.15) is 0 Å². The van der Waals surface area contributed by atoms with Crippen LogP contribution in [-0.2, 0) is 9.84 Å². The van der Waals surface area contributed by atoms with Crippen molar-refractivity contribution < 1.29 is 13.5 Å². The summed E-state index contributed by atoms with van der Waals surface area (Å²) in [5.41, 5.74) is 1.59. The quantitative estimate of drug-likeness (QED) is 0.907. The van der Waals surface area contributed by atoms with Crippen molar-refractivity contribution in [1.29, 1.82) is 0 Å². The van der Waals surface area contributed by atoms with E-state index in [1.807, 2.05) is 30.3 Å². The van der Waals surface area contributed by atoms with Gasteiger partial charge < -0.3 is 5.11 Å². The lowest BCUT2D eigenvalue weighted by molar-refractivity contribution is 0.122. The average Bonchev–Trinajstić information content (AvgIpc) is 2.78. The first kappa shape index (κ1) is 12.6. The number of benzene rings is 1. The Labute approximate surface area is 112 Å². The number of sulfone groups is 1. The summed E-state index contributed by atoms with van der Waals surface area (Å²) in [5.74, 6) is 0.0403. The molecule has 3 rings (SSSR count). The van der Waals surface area contributed by atoms with E-state index in [1.54, 1.807) is 6.20 Å². The first-order chi connectivity index (χ1) is 9.07. The number of hydrogen-bond acceptors (Lipinski definition) is 4. The van der Waals surface area contributed by atoms with E-state index < -0.39 is 15.9 Å². The second-order valence-electron chi connectivity index (χ2n) is 5.03. The second-order valence-corrected chi connectivity index (χ2v) is 7.25. The van der Waals surface area contributed by atoms with Crippen LogP contribution >= 0.6 is 0 Å². The molecule has 2 unspecified atom stereocenters. The number of aliphatic hydroxyl groups is 1. The summed E-state index contributed by atoms with van der Waals surface area (Å²) in [6.07, 6.45) is 1.49. The highest BCUT2D eigenvalue weighted by atomic mass is 32.2. The van der Waals surface area contributed by atoms with Crippen LogP contribution < -0.4 is 0 Å². The molecule has 1 aromatic carbocycles. The predicted molar refractivity (Wildman–Crippen MR) is 73.5 cm³/mol. The van der Waals surface area contributed by atoms with Gasteiger partial charge in [-0.1, -0.05) is 18.2 Å². The maximum atomic E-state index is 11.5. The Bertz CT molecular complexity index is 706. The molecule has 0 amide bonds. The van der Waals surface area contributed by atoms with Crippen molar-refractivity contribution in [3.63, 3.8) is 0 Å². The largest absolute Gasteiger partial charge is 0.388 e. The number of rotatable bonds is 2. The van der Waals surface area contributed by atoms with E-state index in [0.29, 0.717) is 6.42 Å². The van der Waals surface area contributed by atoms with Crippen molar-refractivity contribution in [2.24, 2.45) is 5.92 Å². The summed E-state index contributed by atoms with van der Waals surface area (Å²) < 4.78 is 23.0. The summed E-state index contributed by atoms with van der Waals surface area (Å²) in [6.45, 7) is 0. The second kappa shape index (κ2) is 4.58. The minimum absolute atomic E-state index is 0.0742. The lowest BCUT2D eigenvalue weighted by atomic mass is 9.93.